The summed E-state index contributed by atoms with van der Waals surface area (Å²) < 4.78 is 0. The van der Waals surface area contributed by atoms with Crippen molar-refractivity contribution in [3.8, 4) is 0 Å². The molecule has 1 heterocycles. The molecule has 4 rings (SSSR count). The van der Waals surface area contributed by atoms with E-state index in [1.54, 1.807) is 24.3 Å². The number of fused-ring (bicyclic) bond motifs is 2. The summed E-state index contributed by atoms with van der Waals surface area (Å²) in [5, 5.41) is 19.0. The van der Waals surface area contributed by atoms with Gasteiger partial charge in [-0.2, -0.15) is 0 Å². The molecular weight excluding hydrogens is 376 g/mol. The number of benzene rings is 1. The molecule has 2 aromatic rings. The van der Waals surface area contributed by atoms with E-state index in [2.05, 4.69) is 10.6 Å². The minimum absolute atomic E-state index is 0.0571. The fourth-order valence-electron chi connectivity index (χ4n) is 4.20. The molecule has 0 unspecified atom stereocenters. The van der Waals surface area contributed by atoms with E-state index in [1.165, 1.54) is 11.3 Å². The van der Waals surface area contributed by atoms with Gasteiger partial charge in [0.2, 0.25) is 5.91 Å². The van der Waals surface area contributed by atoms with Crippen molar-refractivity contribution in [3.05, 3.63) is 58.3 Å². The second-order valence-electron chi connectivity index (χ2n) is 7.27. The van der Waals surface area contributed by atoms with E-state index >= 15 is 0 Å². The molecule has 2 aliphatic rings. The van der Waals surface area contributed by atoms with Crippen LogP contribution in [0.5, 0.6) is 0 Å². The number of aryl methyl sites for hydroxylation is 1. The number of hydrogen-bond acceptors (Lipinski definition) is 5. The molecule has 1 saturated carbocycles. The van der Waals surface area contributed by atoms with Gasteiger partial charge in [0.1, 0.15) is 0 Å². The van der Waals surface area contributed by atoms with Crippen molar-refractivity contribution in [2.75, 3.05) is 10.6 Å². The first-order valence-corrected chi connectivity index (χ1v) is 9.97. The van der Waals surface area contributed by atoms with Crippen molar-refractivity contribution in [3.63, 3.8) is 0 Å². The Morgan fingerprint density at radius 3 is 2.46 bits per heavy atom. The van der Waals surface area contributed by atoms with Gasteiger partial charge in [-0.05, 0) is 60.4 Å². The number of rotatable bonds is 5. The van der Waals surface area contributed by atoms with Crippen LogP contribution < -0.4 is 15.7 Å². The molecule has 0 radical (unpaired) electrons. The third-order valence-corrected chi connectivity index (χ3v) is 6.39. The summed E-state index contributed by atoms with van der Waals surface area (Å²) >= 11 is 1.36. The lowest BCUT2D eigenvalue weighted by Gasteiger charge is -2.27. The molecule has 2 aliphatic carbocycles. The van der Waals surface area contributed by atoms with Crippen LogP contribution in [-0.4, -0.2) is 17.8 Å². The molecule has 144 valence electrons. The van der Waals surface area contributed by atoms with E-state index in [-0.39, 0.29) is 23.7 Å². The zero-order chi connectivity index (χ0) is 19.8. The Morgan fingerprint density at radius 2 is 1.82 bits per heavy atom. The van der Waals surface area contributed by atoms with Crippen molar-refractivity contribution < 1.29 is 19.5 Å². The van der Waals surface area contributed by atoms with E-state index in [9.17, 15) is 19.5 Å². The quantitative estimate of drug-likeness (QED) is 0.760. The number of amides is 2. The largest absolute Gasteiger partial charge is 0.550 e. The zero-order valence-electron chi connectivity index (χ0n) is 15.2. The number of allylic oxidation sites excluding steroid dienone is 2. The van der Waals surface area contributed by atoms with Gasteiger partial charge < -0.3 is 20.5 Å². The standard InChI is InChI=1S/C21H20N2O4S/c1-11-9-14(6-7-15(11)23-19(24)16-3-2-8-28-16)22-20(25)17-12-4-5-13(10-12)18(17)21(26)27/h2-9,12-13,17-18H,10H2,1H3,(H,22,25)(H,23,24)(H,26,27)/p-1/t12-,13-,17+,18-/m0/s1. The molecule has 2 N–H and O–H groups in total. The highest BCUT2D eigenvalue weighted by Crippen LogP contribution is 2.48. The van der Waals surface area contributed by atoms with E-state index in [4.69, 9.17) is 0 Å². The van der Waals surface area contributed by atoms with Crippen molar-refractivity contribution in [2.24, 2.45) is 23.7 Å². The number of thiophene rings is 1. The molecule has 2 amide bonds. The number of aliphatic carboxylic acids is 1. The van der Waals surface area contributed by atoms with Crippen LogP contribution in [0.2, 0.25) is 0 Å². The molecule has 1 fully saturated rings. The van der Waals surface area contributed by atoms with Gasteiger partial charge in [0.15, 0.2) is 0 Å². The lowest BCUT2D eigenvalue weighted by atomic mass is 9.82. The number of carboxylic acids is 1. The molecule has 4 atom stereocenters. The van der Waals surface area contributed by atoms with Gasteiger partial charge in [-0.15, -0.1) is 11.3 Å². The average molecular weight is 395 g/mol. The molecule has 1 aromatic heterocycles. The summed E-state index contributed by atoms with van der Waals surface area (Å²) in [7, 11) is 0. The zero-order valence-corrected chi connectivity index (χ0v) is 16.0. The van der Waals surface area contributed by atoms with Crippen LogP contribution in [0.25, 0.3) is 0 Å². The molecule has 7 heteroatoms. The second-order valence-corrected chi connectivity index (χ2v) is 8.22. The van der Waals surface area contributed by atoms with Crippen LogP contribution in [0, 0.1) is 30.6 Å². The first-order chi connectivity index (χ1) is 13.4. The van der Waals surface area contributed by atoms with Crippen LogP contribution in [0.15, 0.2) is 47.9 Å². The minimum Gasteiger partial charge on any atom is -0.550 e. The summed E-state index contributed by atoms with van der Waals surface area (Å²) in [4.78, 5) is 37.1. The minimum atomic E-state index is -1.17. The number of carboxylic acid groups (broad SMARTS) is 1. The topological polar surface area (TPSA) is 98.3 Å². The third kappa shape index (κ3) is 3.33. The number of anilines is 2. The summed E-state index contributed by atoms with van der Waals surface area (Å²) in [6.45, 7) is 1.84. The van der Waals surface area contributed by atoms with Gasteiger partial charge in [-0.1, -0.05) is 18.2 Å². The van der Waals surface area contributed by atoms with Crippen LogP contribution in [-0.2, 0) is 9.59 Å². The van der Waals surface area contributed by atoms with E-state index in [0.717, 1.165) is 5.56 Å². The van der Waals surface area contributed by atoms with Crippen LogP contribution in [0.1, 0.15) is 21.7 Å². The molecule has 28 heavy (non-hydrogen) atoms. The van der Waals surface area contributed by atoms with E-state index < -0.39 is 17.8 Å². The third-order valence-electron chi connectivity index (χ3n) is 5.52. The number of hydrogen-bond donors (Lipinski definition) is 2. The fourth-order valence-corrected chi connectivity index (χ4v) is 4.82. The maximum absolute atomic E-state index is 12.7. The van der Waals surface area contributed by atoms with E-state index in [0.29, 0.717) is 22.7 Å². The molecule has 1 aromatic carbocycles. The smallest absolute Gasteiger partial charge is 0.265 e. The summed E-state index contributed by atoms with van der Waals surface area (Å²) in [5.41, 5.74) is 2.03. The van der Waals surface area contributed by atoms with Crippen molar-refractivity contribution in [1.29, 1.82) is 0 Å². The summed E-state index contributed by atoms with van der Waals surface area (Å²) in [6, 6.07) is 8.76. The lowest BCUT2D eigenvalue weighted by Crippen LogP contribution is -2.42. The molecule has 0 saturated heterocycles. The first-order valence-electron chi connectivity index (χ1n) is 9.09. The van der Waals surface area contributed by atoms with Crippen molar-refractivity contribution in [2.45, 2.75) is 13.3 Å². The maximum atomic E-state index is 12.7. The Hall–Kier alpha value is -2.93. The highest BCUT2D eigenvalue weighted by molar-refractivity contribution is 7.12. The van der Waals surface area contributed by atoms with Gasteiger partial charge in [0.25, 0.3) is 5.91 Å². The Labute approximate surface area is 166 Å². The van der Waals surface area contributed by atoms with Gasteiger partial charge in [0.05, 0.1) is 10.8 Å². The molecule has 2 bridgehead atoms. The lowest BCUT2D eigenvalue weighted by molar-refractivity contribution is -0.313. The SMILES string of the molecule is Cc1cc(NC(=O)[C@H]2[C@@H](C(=O)[O-])[C@H]3C=C[C@H]2C3)ccc1NC(=O)c1cccs1. The van der Waals surface area contributed by atoms with Gasteiger partial charge >= 0.3 is 0 Å². The van der Waals surface area contributed by atoms with Crippen molar-refractivity contribution in [1.82, 2.24) is 0 Å². The Morgan fingerprint density at radius 1 is 1.07 bits per heavy atom. The monoisotopic (exact) mass is 395 g/mol. The highest BCUT2D eigenvalue weighted by atomic mass is 32.1. The average Bonchev–Trinajstić information content (AvgIpc) is 3.40. The highest BCUT2D eigenvalue weighted by Gasteiger charge is 2.48. The van der Waals surface area contributed by atoms with Crippen molar-refractivity contribution >= 4 is 40.5 Å². The molecular formula is C21H19N2O4S-. The van der Waals surface area contributed by atoms with Gasteiger partial charge in [-0.3, -0.25) is 9.59 Å². The Kier molecular flexibility index (Phi) is 4.77. The Bertz CT molecular complexity index is 967. The second kappa shape index (κ2) is 7.24. The first kappa shape index (κ1) is 18.4. The molecule has 0 aliphatic heterocycles. The number of nitrogens with one attached hydrogen (secondary N) is 2. The van der Waals surface area contributed by atoms with Crippen LogP contribution in [0.3, 0.4) is 0 Å². The summed E-state index contributed by atoms with van der Waals surface area (Å²) in [5.74, 6) is -3.22. The van der Waals surface area contributed by atoms with Gasteiger partial charge in [0, 0.05) is 23.3 Å². The normalized spacial score (nSPS) is 24.9. The maximum Gasteiger partial charge on any atom is 0.265 e. The fraction of sp³-hybridized carbons (Fsp3) is 0.286. The molecule has 6 nitrogen and oxygen atoms in total. The predicted octanol–water partition coefficient (Wildman–Crippen LogP) is 2.44. The van der Waals surface area contributed by atoms with E-state index in [1.807, 2.05) is 30.5 Å². The predicted molar refractivity (Wildman–Crippen MR) is 105 cm³/mol. The number of carbonyl (C=O) groups excluding carboxylic acids is 3. The Balaban J connectivity index is 1.46. The van der Waals surface area contributed by atoms with Crippen LogP contribution >= 0.6 is 11.3 Å². The molecule has 0 spiro atoms. The summed E-state index contributed by atoms with van der Waals surface area (Å²) in [6.07, 6.45) is 4.50. The van der Waals surface area contributed by atoms with Gasteiger partial charge in [-0.25, -0.2) is 0 Å². The van der Waals surface area contributed by atoms with Crippen LogP contribution in [0.4, 0.5) is 11.4 Å². The number of carbonyl (C=O) groups is 3.